The highest BCUT2D eigenvalue weighted by Crippen LogP contribution is 2.31. The van der Waals surface area contributed by atoms with Crippen molar-refractivity contribution in [3.63, 3.8) is 0 Å². The lowest BCUT2D eigenvalue weighted by Crippen LogP contribution is -2.26. The van der Waals surface area contributed by atoms with E-state index >= 15 is 0 Å². The zero-order chi connectivity index (χ0) is 19.1. The van der Waals surface area contributed by atoms with Crippen LogP contribution in [-0.2, 0) is 9.53 Å². The number of benzene rings is 1. The van der Waals surface area contributed by atoms with Gasteiger partial charge in [-0.05, 0) is 37.3 Å². The van der Waals surface area contributed by atoms with E-state index < -0.39 is 11.4 Å². The number of aromatic nitrogens is 2. The molecule has 0 fully saturated rings. The molecule has 0 bridgehead atoms. The summed E-state index contributed by atoms with van der Waals surface area (Å²) in [5, 5.41) is 5.28. The van der Waals surface area contributed by atoms with Gasteiger partial charge in [-0.1, -0.05) is 20.8 Å². The molecule has 5 nitrogen and oxygen atoms in total. The molecule has 2 aromatic heterocycles. The number of carbonyl (C=O) groups is 2. The molecule has 0 atom stereocenters. The molecule has 0 aliphatic heterocycles. The molecule has 0 saturated heterocycles. The molecule has 3 aromatic rings. The highest BCUT2D eigenvalue weighted by molar-refractivity contribution is 7.20. The Morgan fingerprint density at radius 3 is 2.50 bits per heavy atom. The fourth-order valence-corrected chi connectivity index (χ4v) is 3.40. The highest BCUT2D eigenvalue weighted by Gasteiger charge is 2.24. The Morgan fingerprint density at radius 1 is 1.23 bits per heavy atom. The minimum absolute atomic E-state index is 0.138. The van der Waals surface area contributed by atoms with Crippen LogP contribution in [0.1, 0.15) is 36.1 Å². The van der Waals surface area contributed by atoms with Gasteiger partial charge in [-0.25, -0.2) is 13.9 Å². The fraction of sp³-hybridized carbons (Fsp3) is 0.316. The van der Waals surface area contributed by atoms with E-state index in [4.69, 9.17) is 4.74 Å². The van der Waals surface area contributed by atoms with E-state index in [2.05, 4.69) is 5.10 Å². The largest absolute Gasteiger partial charge is 0.453 e. The molecule has 26 heavy (non-hydrogen) atoms. The first-order chi connectivity index (χ1) is 12.2. The van der Waals surface area contributed by atoms with E-state index in [1.54, 1.807) is 43.7 Å². The predicted molar refractivity (Wildman–Crippen MR) is 98.4 cm³/mol. The zero-order valence-corrected chi connectivity index (χ0v) is 15.8. The van der Waals surface area contributed by atoms with Crippen LogP contribution >= 0.6 is 11.3 Å². The number of hydrogen-bond acceptors (Lipinski definition) is 5. The Labute approximate surface area is 154 Å². The number of nitrogens with zero attached hydrogens (tertiary/aromatic N) is 2. The van der Waals surface area contributed by atoms with Crippen LogP contribution in [0.4, 0.5) is 4.39 Å². The number of esters is 1. The maximum absolute atomic E-state index is 13.1. The van der Waals surface area contributed by atoms with Crippen LogP contribution in [0, 0.1) is 18.2 Å². The number of aryl methyl sites for hydroxylation is 1. The molecule has 0 amide bonds. The van der Waals surface area contributed by atoms with Gasteiger partial charge in [-0.2, -0.15) is 5.10 Å². The zero-order valence-electron chi connectivity index (χ0n) is 15.0. The summed E-state index contributed by atoms with van der Waals surface area (Å²) in [5.41, 5.74) is 0.902. The minimum Gasteiger partial charge on any atom is -0.453 e. The van der Waals surface area contributed by atoms with Crippen molar-refractivity contribution >= 4 is 33.3 Å². The van der Waals surface area contributed by atoms with Crippen LogP contribution in [0.2, 0.25) is 0 Å². The van der Waals surface area contributed by atoms with E-state index in [-0.39, 0.29) is 18.2 Å². The topological polar surface area (TPSA) is 61.2 Å². The molecule has 2 heterocycles. The standard InChI is InChI=1S/C19H19FN2O3S/c1-11-14-9-15(18(24)25-10-16(23)19(2,3)4)26-17(14)22(21-11)13-7-5-12(20)6-8-13/h5-9H,10H2,1-4H3. The Balaban J connectivity index is 1.87. The van der Waals surface area contributed by atoms with E-state index in [0.717, 1.165) is 15.9 Å². The number of carbonyl (C=O) groups excluding carboxylic acids is 2. The molecule has 0 aliphatic carbocycles. The van der Waals surface area contributed by atoms with Crippen LogP contribution in [0.5, 0.6) is 0 Å². The van der Waals surface area contributed by atoms with Gasteiger partial charge in [-0.15, -0.1) is 11.3 Å². The maximum atomic E-state index is 13.1. The van der Waals surface area contributed by atoms with Crippen molar-refractivity contribution in [1.82, 2.24) is 9.78 Å². The predicted octanol–water partition coefficient (Wildman–Crippen LogP) is 4.31. The van der Waals surface area contributed by atoms with Gasteiger partial charge in [-0.3, -0.25) is 4.79 Å². The number of rotatable bonds is 4. The summed E-state index contributed by atoms with van der Waals surface area (Å²) in [7, 11) is 0. The minimum atomic E-state index is -0.555. The first kappa shape index (κ1) is 18.3. The molecular formula is C19H19FN2O3S. The number of ether oxygens (including phenoxy) is 1. The summed E-state index contributed by atoms with van der Waals surface area (Å²) < 4.78 is 20.0. The van der Waals surface area contributed by atoms with Gasteiger partial charge in [0.25, 0.3) is 0 Å². The number of fused-ring (bicyclic) bond motifs is 1. The van der Waals surface area contributed by atoms with Crippen molar-refractivity contribution in [2.75, 3.05) is 6.61 Å². The molecule has 0 N–H and O–H groups in total. The third-order valence-electron chi connectivity index (χ3n) is 3.99. The molecule has 136 valence electrons. The van der Waals surface area contributed by atoms with Crippen LogP contribution in [0.3, 0.4) is 0 Å². The second-order valence-electron chi connectivity index (χ2n) is 7.05. The summed E-state index contributed by atoms with van der Waals surface area (Å²) in [5.74, 6) is -0.998. The fourth-order valence-electron chi connectivity index (χ4n) is 2.32. The first-order valence-corrected chi connectivity index (χ1v) is 8.94. The van der Waals surface area contributed by atoms with E-state index in [9.17, 15) is 14.0 Å². The maximum Gasteiger partial charge on any atom is 0.348 e. The Hall–Kier alpha value is -2.54. The summed E-state index contributed by atoms with van der Waals surface area (Å²) >= 11 is 1.23. The molecule has 0 saturated carbocycles. The normalized spacial score (nSPS) is 11.7. The lowest BCUT2D eigenvalue weighted by molar-refractivity contribution is -0.129. The van der Waals surface area contributed by atoms with Crippen LogP contribution in [-0.4, -0.2) is 28.1 Å². The van der Waals surface area contributed by atoms with Crippen molar-refractivity contribution in [2.24, 2.45) is 5.41 Å². The highest BCUT2D eigenvalue weighted by atomic mass is 32.1. The molecule has 0 unspecified atom stereocenters. The monoisotopic (exact) mass is 374 g/mol. The van der Waals surface area contributed by atoms with E-state index in [1.165, 1.54) is 23.5 Å². The SMILES string of the molecule is Cc1nn(-c2ccc(F)cc2)c2sc(C(=O)OCC(=O)C(C)(C)C)cc12. The Kier molecular flexibility index (Phi) is 4.66. The number of thiophene rings is 1. The van der Waals surface area contributed by atoms with E-state index in [1.807, 2.05) is 6.92 Å². The summed E-state index contributed by atoms with van der Waals surface area (Å²) in [4.78, 5) is 25.4. The van der Waals surface area contributed by atoms with Gasteiger partial charge in [0, 0.05) is 10.8 Å². The number of Topliss-reactive ketones (excluding diaryl/α,β-unsaturated/α-hetero) is 1. The molecule has 7 heteroatoms. The smallest absolute Gasteiger partial charge is 0.348 e. The third-order valence-corrected chi connectivity index (χ3v) is 5.08. The quantitative estimate of drug-likeness (QED) is 0.639. The van der Waals surface area contributed by atoms with Gasteiger partial charge >= 0.3 is 5.97 Å². The van der Waals surface area contributed by atoms with Crippen LogP contribution < -0.4 is 0 Å². The van der Waals surface area contributed by atoms with Gasteiger partial charge in [0.1, 0.15) is 15.5 Å². The van der Waals surface area contributed by atoms with Crippen LogP contribution in [0.15, 0.2) is 30.3 Å². The Morgan fingerprint density at radius 2 is 1.88 bits per heavy atom. The molecule has 0 spiro atoms. The van der Waals surface area contributed by atoms with Gasteiger partial charge in [0.05, 0.1) is 11.4 Å². The summed E-state index contributed by atoms with van der Waals surface area (Å²) in [6.07, 6.45) is 0. The van der Waals surface area contributed by atoms with Gasteiger partial charge < -0.3 is 4.74 Å². The summed E-state index contributed by atoms with van der Waals surface area (Å²) in [6, 6.07) is 7.69. The lowest BCUT2D eigenvalue weighted by Gasteiger charge is -2.15. The Bertz CT molecular complexity index is 981. The number of hydrogen-bond donors (Lipinski definition) is 0. The van der Waals surface area contributed by atoms with Crippen LogP contribution in [0.25, 0.3) is 15.9 Å². The molecule has 1 aromatic carbocycles. The number of halogens is 1. The second-order valence-corrected chi connectivity index (χ2v) is 8.08. The number of ketones is 1. The van der Waals surface area contributed by atoms with Crippen molar-refractivity contribution in [3.05, 3.63) is 46.7 Å². The van der Waals surface area contributed by atoms with Gasteiger partial charge in [0.15, 0.2) is 12.4 Å². The molecular weight excluding hydrogens is 355 g/mol. The molecule has 3 rings (SSSR count). The first-order valence-electron chi connectivity index (χ1n) is 8.12. The van der Waals surface area contributed by atoms with Crippen molar-refractivity contribution in [3.8, 4) is 5.69 Å². The average molecular weight is 374 g/mol. The van der Waals surface area contributed by atoms with Crippen molar-refractivity contribution < 1.29 is 18.7 Å². The molecule has 0 radical (unpaired) electrons. The lowest BCUT2D eigenvalue weighted by atomic mass is 9.91. The summed E-state index contributed by atoms with van der Waals surface area (Å²) in [6.45, 7) is 6.93. The molecule has 0 aliphatic rings. The van der Waals surface area contributed by atoms with Gasteiger partial charge in [0.2, 0.25) is 0 Å². The van der Waals surface area contributed by atoms with Crippen molar-refractivity contribution in [2.45, 2.75) is 27.7 Å². The second kappa shape index (κ2) is 6.64. The third kappa shape index (κ3) is 3.53. The average Bonchev–Trinajstić information content (AvgIpc) is 3.13. The van der Waals surface area contributed by atoms with Crippen molar-refractivity contribution in [1.29, 1.82) is 0 Å². The van der Waals surface area contributed by atoms with E-state index in [0.29, 0.717) is 10.6 Å².